The van der Waals surface area contributed by atoms with Gasteiger partial charge in [-0.15, -0.1) is 0 Å². The van der Waals surface area contributed by atoms with Crippen LogP contribution in [0.4, 0.5) is 11.4 Å². The van der Waals surface area contributed by atoms with E-state index in [1.165, 1.54) is 6.26 Å². The molecule has 3 N–H and O–H groups in total. The number of aryl methyl sites for hydroxylation is 1. The lowest BCUT2D eigenvalue weighted by molar-refractivity contribution is -0.115. The molecule has 0 radical (unpaired) electrons. The molecule has 1 fully saturated rings. The third-order valence-electron chi connectivity index (χ3n) is 6.87. The van der Waals surface area contributed by atoms with Crippen LogP contribution in [0.25, 0.3) is 22.4 Å². The lowest BCUT2D eigenvalue weighted by Crippen LogP contribution is -2.36. The fourth-order valence-corrected chi connectivity index (χ4v) is 4.80. The number of nitrogens with one attached hydrogen (secondary N) is 1. The third kappa shape index (κ3) is 5.65. The van der Waals surface area contributed by atoms with E-state index < -0.39 is 0 Å². The highest BCUT2D eigenvalue weighted by molar-refractivity contribution is 5.99. The molecule has 0 saturated carbocycles. The van der Waals surface area contributed by atoms with E-state index in [-0.39, 0.29) is 12.3 Å². The van der Waals surface area contributed by atoms with Crippen molar-refractivity contribution in [2.45, 2.75) is 32.7 Å². The average Bonchev–Trinajstić information content (AvgIpc) is 3.53. The quantitative estimate of drug-likeness (QED) is 0.356. The molecule has 4 aromatic rings. The van der Waals surface area contributed by atoms with Crippen molar-refractivity contribution in [3.63, 3.8) is 0 Å². The Kier molecular flexibility index (Phi) is 7.47. The van der Waals surface area contributed by atoms with E-state index in [2.05, 4.69) is 31.3 Å². The van der Waals surface area contributed by atoms with Gasteiger partial charge in [0.2, 0.25) is 11.8 Å². The predicted molar refractivity (Wildman–Crippen MR) is 142 cm³/mol. The van der Waals surface area contributed by atoms with Crippen LogP contribution in [-0.2, 0) is 22.5 Å². The summed E-state index contributed by atoms with van der Waals surface area (Å²) in [6, 6.07) is 7.86. The molecule has 1 amide bonds. The average molecular weight is 504 g/mol. The standard InChI is InChI=1S/C27H33N7O3/c1-18-11-20(3-6-29-18)27-31-22(17-37-27)13-26(35)32-23-12-21-16-30-34(9-10-36-2)24(21)14-25(23)33-7-4-19(15-28)5-8-33/h3,6,11-12,14,16-17,19H,4-5,7-10,13,15,28H2,1-2H3,(H,32,35). The zero-order valence-corrected chi connectivity index (χ0v) is 21.3. The molecule has 0 spiro atoms. The number of nitrogens with zero attached hydrogens (tertiary/aromatic N) is 5. The van der Waals surface area contributed by atoms with Crippen LogP contribution in [0.5, 0.6) is 0 Å². The summed E-state index contributed by atoms with van der Waals surface area (Å²) < 4.78 is 12.8. The van der Waals surface area contributed by atoms with E-state index in [4.69, 9.17) is 14.9 Å². The first-order chi connectivity index (χ1) is 18.0. The molecule has 5 rings (SSSR count). The molecule has 3 aromatic heterocycles. The second-order valence-corrected chi connectivity index (χ2v) is 9.51. The fraction of sp³-hybridized carbons (Fsp3) is 0.407. The Morgan fingerprint density at radius 3 is 2.86 bits per heavy atom. The minimum atomic E-state index is -0.157. The van der Waals surface area contributed by atoms with Crippen LogP contribution in [0.1, 0.15) is 24.2 Å². The molecule has 4 heterocycles. The number of benzene rings is 1. The number of pyridine rings is 1. The van der Waals surface area contributed by atoms with E-state index in [9.17, 15) is 4.79 Å². The summed E-state index contributed by atoms with van der Waals surface area (Å²) in [4.78, 5) is 24.2. The molecular formula is C27H33N7O3. The zero-order chi connectivity index (χ0) is 25.8. The van der Waals surface area contributed by atoms with Crippen LogP contribution in [0.2, 0.25) is 0 Å². The number of amides is 1. The van der Waals surface area contributed by atoms with Crippen LogP contribution < -0.4 is 16.0 Å². The number of fused-ring (bicyclic) bond motifs is 1. The van der Waals surface area contributed by atoms with E-state index in [1.54, 1.807) is 13.3 Å². The molecule has 194 valence electrons. The van der Waals surface area contributed by atoms with E-state index in [0.29, 0.717) is 37.2 Å². The molecule has 10 heteroatoms. The lowest BCUT2D eigenvalue weighted by Gasteiger charge is -2.34. The molecule has 0 aliphatic carbocycles. The van der Waals surface area contributed by atoms with Crippen LogP contribution in [0, 0.1) is 12.8 Å². The molecule has 0 unspecified atom stereocenters. The van der Waals surface area contributed by atoms with Crippen molar-refractivity contribution in [3.8, 4) is 11.5 Å². The monoisotopic (exact) mass is 503 g/mol. The maximum atomic E-state index is 13.1. The van der Waals surface area contributed by atoms with Crippen molar-refractivity contribution >= 4 is 28.2 Å². The number of hydrogen-bond acceptors (Lipinski definition) is 8. The van der Waals surface area contributed by atoms with Crippen LogP contribution in [0.15, 0.2) is 47.3 Å². The second kappa shape index (κ2) is 11.1. The van der Waals surface area contributed by atoms with Crippen molar-refractivity contribution < 1.29 is 13.9 Å². The number of anilines is 2. The van der Waals surface area contributed by atoms with Gasteiger partial charge in [-0.2, -0.15) is 5.10 Å². The molecule has 1 saturated heterocycles. The van der Waals surface area contributed by atoms with E-state index in [1.807, 2.05) is 36.0 Å². The molecule has 0 bridgehead atoms. The largest absolute Gasteiger partial charge is 0.444 e. The minimum Gasteiger partial charge on any atom is -0.444 e. The van der Waals surface area contributed by atoms with E-state index >= 15 is 0 Å². The Morgan fingerprint density at radius 2 is 2.11 bits per heavy atom. The summed E-state index contributed by atoms with van der Waals surface area (Å²) in [5, 5.41) is 8.62. The number of hydrogen-bond donors (Lipinski definition) is 2. The summed E-state index contributed by atoms with van der Waals surface area (Å²) in [5.74, 6) is 0.854. The Labute approximate surface area is 215 Å². The molecule has 1 aliphatic heterocycles. The van der Waals surface area contributed by atoms with Crippen molar-refractivity contribution in [3.05, 3.63) is 54.3 Å². The van der Waals surface area contributed by atoms with Crippen LogP contribution in [0.3, 0.4) is 0 Å². The van der Waals surface area contributed by atoms with Gasteiger partial charge in [0.15, 0.2) is 0 Å². The number of rotatable bonds is 9. The molecule has 1 aromatic carbocycles. The number of carbonyl (C=O) groups excluding carboxylic acids is 1. The van der Waals surface area contributed by atoms with Gasteiger partial charge >= 0.3 is 0 Å². The second-order valence-electron chi connectivity index (χ2n) is 9.51. The van der Waals surface area contributed by atoms with Crippen LogP contribution >= 0.6 is 0 Å². The fourth-order valence-electron chi connectivity index (χ4n) is 4.80. The first-order valence-corrected chi connectivity index (χ1v) is 12.6. The lowest BCUT2D eigenvalue weighted by atomic mass is 9.96. The van der Waals surface area contributed by atoms with Crippen molar-refractivity contribution in [1.29, 1.82) is 0 Å². The van der Waals surface area contributed by atoms with Crippen molar-refractivity contribution in [1.82, 2.24) is 19.7 Å². The predicted octanol–water partition coefficient (Wildman–Crippen LogP) is 3.40. The normalized spacial score (nSPS) is 14.4. The number of nitrogens with two attached hydrogens (primary N) is 1. The van der Waals surface area contributed by atoms with Crippen LogP contribution in [-0.4, -0.2) is 59.0 Å². The third-order valence-corrected chi connectivity index (χ3v) is 6.87. The summed E-state index contributed by atoms with van der Waals surface area (Å²) in [5.41, 5.74) is 11.0. The Bertz CT molecular complexity index is 1370. The molecular weight excluding hydrogens is 470 g/mol. The molecule has 37 heavy (non-hydrogen) atoms. The number of ether oxygens (including phenoxy) is 1. The highest BCUT2D eigenvalue weighted by Gasteiger charge is 2.23. The van der Waals surface area contributed by atoms with Gasteiger partial charge in [-0.05, 0) is 56.5 Å². The number of oxazole rings is 1. The van der Waals surface area contributed by atoms with E-state index in [0.717, 1.165) is 59.5 Å². The van der Waals surface area contributed by atoms with Gasteiger partial charge in [0.1, 0.15) is 6.26 Å². The number of aromatic nitrogens is 4. The number of carbonyl (C=O) groups is 1. The summed E-state index contributed by atoms with van der Waals surface area (Å²) in [6.45, 7) is 5.63. The van der Waals surface area contributed by atoms with Gasteiger partial charge in [-0.3, -0.25) is 14.5 Å². The van der Waals surface area contributed by atoms with Gasteiger partial charge in [0.05, 0.1) is 48.4 Å². The van der Waals surface area contributed by atoms with Crippen molar-refractivity contribution in [2.24, 2.45) is 11.7 Å². The van der Waals surface area contributed by atoms with Crippen molar-refractivity contribution in [2.75, 3.05) is 43.6 Å². The first kappa shape index (κ1) is 24.9. The SMILES string of the molecule is COCCn1ncc2cc(NC(=O)Cc3coc(-c4ccnc(C)c4)n3)c(N3CCC(CN)CC3)cc21. The maximum Gasteiger partial charge on any atom is 0.230 e. The molecule has 10 nitrogen and oxygen atoms in total. The zero-order valence-electron chi connectivity index (χ0n) is 21.3. The number of methoxy groups -OCH3 is 1. The minimum absolute atomic E-state index is 0.105. The van der Waals surface area contributed by atoms with Gasteiger partial charge < -0.3 is 25.1 Å². The smallest absolute Gasteiger partial charge is 0.230 e. The maximum absolute atomic E-state index is 13.1. The summed E-state index contributed by atoms with van der Waals surface area (Å²) >= 11 is 0. The molecule has 1 aliphatic rings. The molecule has 0 atom stereocenters. The highest BCUT2D eigenvalue weighted by Crippen LogP contribution is 2.34. The van der Waals surface area contributed by atoms with Gasteiger partial charge in [-0.1, -0.05) is 0 Å². The van der Waals surface area contributed by atoms with Gasteiger partial charge in [-0.25, -0.2) is 4.98 Å². The topological polar surface area (TPSA) is 124 Å². The van der Waals surface area contributed by atoms with Gasteiger partial charge in [0, 0.05) is 43.0 Å². The van der Waals surface area contributed by atoms with Gasteiger partial charge in [0.25, 0.3) is 0 Å². The Balaban J connectivity index is 1.38. The first-order valence-electron chi connectivity index (χ1n) is 12.6. The summed E-state index contributed by atoms with van der Waals surface area (Å²) in [6.07, 6.45) is 7.24. The summed E-state index contributed by atoms with van der Waals surface area (Å²) in [7, 11) is 1.68. The number of piperidine rings is 1. The highest BCUT2D eigenvalue weighted by atomic mass is 16.5. The Morgan fingerprint density at radius 1 is 1.27 bits per heavy atom. The Hall–Kier alpha value is -3.76.